The first kappa shape index (κ1) is 22.0. The van der Waals surface area contributed by atoms with Gasteiger partial charge in [0, 0.05) is 11.4 Å². The second kappa shape index (κ2) is 9.50. The van der Waals surface area contributed by atoms with E-state index in [0.29, 0.717) is 5.69 Å². The number of benzene rings is 3. The molecule has 0 aliphatic heterocycles. The van der Waals surface area contributed by atoms with Crippen LogP contribution in [0.1, 0.15) is 22.8 Å². The van der Waals surface area contributed by atoms with E-state index in [9.17, 15) is 14.0 Å². The molecule has 0 fully saturated rings. The monoisotopic (exact) mass is 465 g/mol. The molecular weight excluding hydrogens is 445 g/mol. The number of thiazole rings is 1. The lowest BCUT2D eigenvalue weighted by Crippen LogP contribution is -2.22. The number of amides is 2. The molecule has 4 rings (SSSR count). The van der Waals surface area contributed by atoms with Crippen LogP contribution in [0.2, 0.25) is 0 Å². The minimum absolute atomic E-state index is 0.0124. The van der Waals surface area contributed by atoms with Crippen molar-refractivity contribution >= 4 is 56.5 Å². The molecule has 162 valence electrons. The van der Waals surface area contributed by atoms with E-state index in [0.717, 1.165) is 25.8 Å². The van der Waals surface area contributed by atoms with Crippen LogP contribution in [0.4, 0.5) is 15.8 Å². The Hall–Kier alpha value is -3.23. The normalized spacial score (nSPS) is 11.8. The van der Waals surface area contributed by atoms with E-state index in [1.54, 1.807) is 24.3 Å². The molecule has 2 N–H and O–H groups in total. The number of carbonyl (C=O) groups is 2. The van der Waals surface area contributed by atoms with Crippen LogP contribution >= 0.6 is 23.1 Å². The zero-order chi connectivity index (χ0) is 22.7. The van der Waals surface area contributed by atoms with Crippen LogP contribution in [0.5, 0.6) is 0 Å². The summed E-state index contributed by atoms with van der Waals surface area (Å²) in [4.78, 5) is 29.4. The molecule has 0 bridgehead atoms. The molecule has 1 heterocycles. The Morgan fingerprint density at radius 1 is 1.00 bits per heavy atom. The highest BCUT2D eigenvalue weighted by molar-refractivity contribution is 8.02. The third-order valence-corrected chi connectivity index (χ3v) is 6.92. The fraction of sp³-hybridized carbons (Fsp3) is 0.125. The lowest BCUT2D eigenvalue weighted by molar-refractivity contribution is -0.115. The smallest absolute Gasteiger partial charge is 0.258 e. The SMILES string of the molecule is Cc1ccc(NC(=O)[C@H](C)Sc2nc3ccc(NC(=O)c4ccccc4F)cc3s2)cc1. The van der Waals surface area contributed by atoms with Crippen LogP contribution in [0.3, 0.4) is 0 Å². The van der Waals surface area contributed by atoms with Crippen LogP contribution < -0.4 is 10.6 Å². The van der Waals surface area contributed by atoms with Gasteiger partial charge in [0.1, 0.15) is 5.82 Å². The summed E-state index contributed by atoms with van der Waals surface area (Å²) >= 11 is 2.81. The second-order valence-corrected chi connectivity index (χ2v) is 9.83. The molecular formula is C24H20FN3O2S2. The molecule has 8 heteroatoms. The van der Waals surface area contributed by atoms with Crippen LogP contribution in [0, 0.1) is 12.7 Å². The summed E-state index contributed by atoms with van der Waals surface area (Å²) in [6.45, 7) is 3.83. The lowest BCUT2D eigenvalue weighted by Gasteiger charge is -2.10. The number of carbonyl (C=O) groups excluding carboxylic acids is 2. The lowest BCUT2D eigenvalue weighted by atomic mass is 10.2. The van der Waals surface area contributed by atoms with E-state index < -0.39 is 11.7 Å². The van der Waals surface area contributed by atoms with Gasteiger partial charge in [0.25, 0.3) is 5.91 Å². The molecule has 0 saturated heterocycles. The molecule has 3 aromatic carbocycles. The van der Waals surface area contributed by atoms with Gasteiger partial charge in [-0.3, -0.25) is 9.59 Å². The number of aromatic nitrogens is 1. The first-order chi connectivity index (χ1) is 15.4. The topological polar surface area (TPSA) is 71.1 Å². The second-order valence-electron chi connectivity index (χ2n) is 7.21. The summed E-state index contributed by atoms with van der Waals surface area (Å²) in [6, 6.07) is 18.8. The van der Waals surface area contributed by atoms with Crippen molar-refractivity contribution in [2.45, 2.75) is 23.4 Å². The third-order valence-electron chi connectivity index (χ3n) is 4.71. The van der Waals surface area contributed by atoms with E-state index in [4.69, 9.17) is 0 Å². The Labute approximate surface area is 193 Å². The molecule has 0 unspecified atom stereocenters. The quantitative estimate of drug-likeness (QED) is 0.337. The molecule has 1 atom stereocenters. The Morgan fingerprint density at radius 2 is 1.72 bits per heavy atom. The van der Waals surface area contributed by atoms with Gasteiger partial charge in [-0.2, -0.15) is 0 Å². The van der Waals surface area contributed by atoms with Crippen molar-refractivity contribution < 1.29 is 14.0 Å². The van der Waals surface area contributed by atoms with Crippen molar-refractivity contribution in [1.82, 2.24) is 4.98 Å². The van der Waals surface area contributed by atoms with E-state index in [-0.39, 0.29) is 16.7 Å². The highest BCUT2D eigenvalue weighted by Crippen LogP contribution is 2.34. The fourth-order valence-electron chi connectivity index (χ4n) is 2.96. The maximum Gasteiger partial charge on any atom is 0.258 e. The Kier molecular flexibility index (Phi) is 6.53. The predicted molar refractivity (Wildman–Crippen MR) is 129 cm³/mol. The highest BCUT2D eigenvalue weighted by atomic mass is 32.2. The summed E-state index contributed by atoms with van der Waals surface area (Å²) in [5, 5.41) is 5.30. The number of anilines is 2. The summed E-state index contributed by atoms with van der Waals surface area (Å²) in [7, 11) is 0. The fourth-order valence-corrected chi connectivity index (χ4v) is 5.21. The zero-order valence-corrected chi connectivity index (χ0v) is 19.0. The maximum absolute atomic E-state index is 13.8. The van der Waals surface area contributed by atoms with Crippen molar-refractivity contribution in [2.75, 3.05) is 10.6 Å². The minimum atomic E-state index is -0.569. The number of thioether (sulfide) groups is 1. The van der Waals surface area contributed by atoms with Crippen LogP contribution in [-0.4, -0.2) is 22.0 Å². The average molecular weight is 466 g/mol. The number of nitrogens with one attached hydrogen (secondary N) is 2. The van der Waals surface area contributed by atoms with Crippen molar-refractivity contribution in [3.8, 4) is 0 Å². The standard InChI is InChI=1S/C24H20FN3O2S2/c1-14-7-9-16(10-8-14)26-22(29)15(2)31-24-28-20-12-11-17(13-21(20)32-24)27-23(30)18-5-3-4-6-19(18)25/h3-13,15H,1-2H3,(H,26,29)(H,27,30)/t15-/m0/s1. The molecule has 2 amide bonds. The number of halogens is 1. The van der Waals surface area contributed by atoms with E-state index in [2.05, 4.69) is 15.6 Å². The minimum Gasteiger partial charge on any atom is -0.325 e. The van der Waals surface area contributed by atoms with Gasteiger partial charge in [0.15, 0.2) is 4.34 Å². The predicted octanol–water partition coefficient (Wildman–Crippen LogP) is 6.12. The largest absolute Gasteiger partial charge is 0.325 e. The molecule has 0 spiro atoms. The van der Waals surface area contributed by atoms with E-state index in [1.807, 2.05) is 38.1 Å². The summed E-state index contributed by atoms with van der Waals surface area (Å²) in [5.41, 5.74) is 3.20. The van der Waals surface area contributed by atoms with Gasteiger partial charge in [0.05, 0.1) is 21.0 Å². The highest BCUT2D eigenvalue weighted by Gasteiger charge is 2.18. The zero-order valence-electron chi connectivity index (χ0n) is 17.4. The molecule has 0 aliphatic carbocycles. The number of fused-ring (bicyclic) bond motifs is 1. The number of rotatable bonds is 6. The van der Waals surface area contributed by atoms with Gasteiger partial charge in [-0.25, -0.2) is 9.37 Å². The Balaban J connectivity index is 1.43. The molecule has 5 nitrogen and oxygen atoms in total. The number of nitrogens with zero attached hydrogens (tertiary/aromatic N) is 1. The molecule has 1 aromatic heterocycles. The first-order valence-corrected chi connectivity index (χ1v) is 11.6. The van der Waals surface area contributed by atoms with E-state index in [1.165, 1.54) is 41.3 Å². The molecule has 32 heavy (non-hydrogen) atoms. The Morgan fingerprint density at radius 3 is 2.47 bits per heavy atom. The average Bonchev–Trinajstić information content (AvgIpc) is 3.17. The molecule has 0 saturated carbocycles. The van der Waals surface area contributed by atoms with Gasteiger partial charge in [-0.1, -0.05) is 41.6 Å². The van der Waals surface area contributed by atoms with E-state index >= 15 is 0 Å². The first-order valence-electron chi connectivity index (χ1n) is 9.90. The molecule has 4 aromatic rings. The van der Waals surface area contributed by atoms with Gasteiger partial charge in [-0.15, -0.1) is 11.3 Å². The van der Waals surface area contributed by atoms with Crippen LogP contribution in [0.15, 0.2) is 71.1 Å². The number of aryl methyl sites for hydroxylation is 1. The summed E-state index contributed by atoms with van der Waals surface area (Å²) in [5.74, 6) is -1.18. The maximum atomic E-state index is 13.8. The van der Waals surface area contributed by atoms with Crippen molar-refractivity contribution in [3.05, 3.63) is 83.7 Å². The summed E-state index contributed by atoms with van der Waals surface area (Å²) in [6.07, 6.45) is 0. The number of hydrogen-bond donors (Lipinski definition) is 2. The van der Waals surface area contributed by atoms with Crippen molar-refractivity contribution in [1.29, 1.82) is 0 Å². The van der Waals surface area contributed by atoms with Crippen LogP contribution in [-0.2, 0) is 4.79 Å². The van der Waals surface area contributed by atoms with Gasteiger partial charge in [0.2, 0.25) is 5.91 Å². The van der Waals surface area contributed by atoms with Gasteiger partial charge >= 0.3 is 0 Å². The Bertz CT molecular complexity index is 1290. The van der Waals surface area contributed by atoms with Gasteiger partial charge in [-0.05, 0) is 56.3 Å². The molecule has 0 aliphatic rings. The molecule has 0 radical (unpaired) electrons. The number of hydrogen-bond acceptors (Lipinski definition) is 5. The van der Waals surface area contributed by atoms with Crippen molar-refractivity contribution in [3.63, 3.8) is 0 Å². The van der Waals surface area contributed by atoms with Gasteiger partial charge < -0.3 is 10.6 Å². The van der Waals surface area contributed by atoms with Crippen LogP contribution in [0.25, 0.3) is 10.2 Å². The summed E-state index contributed by atoms with van der Waals surface area (Å²) < 4.78 is 15.5. The van der Waals surface area contributed by atoms with Crippen molar-refractivity contribution in [2.24, 2.45) is 0 Å². The third kappa shape index (κ3) is 5.15.